The van der Waals surface area contributed by atoms with E-state index in [4.69, 9.17) is 0 Å². The van der Waals surface area contributed by atoms with Crippen molar-refractivity contribution >= 4 is 28.8 Å². The Balaban J connectivity index is 0.000000328. The monoisotopic (exact) mass is 591 g/mol. The number of nitrogens with two attached hydrogens (primary N) is 1. The standard InChI is InChI=1S/C22H16F5N3O.C6H6O3S/c23-17-2-1-3-18(24)16(17)11-28-14-5-7-15(8-6-14)30-20-9-4-13(12-31)10-19(20)29-21(30)22(25,26)27;7-8-9-10-6-4-2-1-3-5-6/h1-10,28,31H,11-12H2;1-5,7H. The number of imidazole rings is 1. The first-order chi connectivity index (χ1) is 19.7. The van der Waals surface area contributed by atoms with E-state index in [1.807, 2.05) is 30.3 Å². The molecule has 0 saturated carbocycles. The van der Waals surface area contributed by atoms with Gasteiger partial charge in [0.2, 0.25) is 5.82 Å². The topological polar surface area (TPSA) is 96.2 Å². The minimum atomic E-state index is -4.69. The van der Waals surface area contributed by atoms with Crippen LogP contribution in [0.2, 0.25) is 0 Å². The fourth-order valence-electron chi connectivity index (χ4n) is 3.91. The Kier molecular flexibility index (Phi) is 10.0. The number of aromatic nitrogens is 2. The van der Waals surface area contributed by atoms with Crippen molar-refractivity contribution in [2.24, 2.45) is 0 Å². The van der Waals surface area contributed by atoms with E-state index < -0.39 is 23.6 Å². The Hall–Kier alpha value is -3.85. The normalized spacial score (nSPS) is 11.4. The van der Waals surface area contributed by atoms with E-state index in [9.17, 15) is 32.3 Å². The van der Waals surface area contributed by atoms with Gasteiger partial charge in [-0.1, -0.05) is 30.3 Å². The van der Waals surface area contributed by atoms with Crippen molar-refractivity contribution < 1.29 is 47.0 Å². The van der Waals surface area contributed by atoms with Crippen LogP contribution in [-0.4, -0.2) is 14.7 Å². The van der Waals surface area contributed by atoms with Gasteiger partial charge < -0.3 is 15.7 Å². The summed E-state index contributed by atoms with van der Waals surface area (Å²) in [5, 5.41) is 23.4. The molecule has 0 atom stereocenters. The molecule has 1 aromatic heterocycles. The van der Waals surface area contributed by atoms with E-state index in [0.29, 0.717) is 11.3 Å². The summed E-state index contributed by atoms with van der Waals surface area (Å²) in [6.07, 6.45) is -4.69. The number of nitrogens with zero attached hydrogens (tertiary/aromatic N) is 2. The van der Waals surface area contributed by atoms with Gasteiger partial charge in [-0.25, -0.2) is 13.8 Å². The van der Waals surface area contributed by atoms with Gasteiger partial charge in [0.25, 0.3) is 0 Å². The quantitative estimate of drug-likeness (QED) is 0.0855. The summed E-state index contributed by atoms with van der Waals surface area (Å²) in [4.78, 5) is 4.55. The van der Waals surface area contributed by atoms with Crippen LogP contribution in [-0.2, 0) is 28.7 Å². The largest absolute Gasteiger partial charge is 0.691 e. The van der Waals surface area contributed by atoms with Gasteiger partial charge in [0, 0.05) is 22.7 Å². The van der Waals surface area contributed by atoms with Crippen LogP contribution in [0.5, 0.6) is 0 Å². The average Bonchev–Trinajstić information content (AvgIpc) is 3.37. The second-order valence-electron chi connectivity index (χ2n) is 8.48. The van der Waals surface area contributed by atoms with Crippen molar-refractivity contribution in [3.05, 3.63) is 120 Å². The summed E-state index contributed by atoms with van der Waals surface area (Å²) in [7, 11) is 0. The SMILES string of the molecule is OCc1ccc2c(c1)nc(C(F)(F)F)n2-c1ccc([NH2+]Cc2c(F)cccc2F)cc1.[O-]OOSc1ccccc1. The number of halogens is 5. The van der Waals surface area contributed by atoms with E-state index in [-0.39, 0.29) is 35.4 Å². The van der Waals surface area contributed by atoms with E-state index in [1.54, 1.807) is 17.4 Å². The zero-order valence-corrected chi connectivity index (χ0v) is 21.8. The molecule has 0 aliphatic heterocycles. The van der Waals surface area contributed by atoms with Crippen molar-refractivity contribution in [1.82, 2.24) is 9.55 Å². The predicted octanol–water partition coefficient (Wildman–Crippen LogP) is 5.13. The second kappa shape index (κ2) is 13.7. The Morgan fingerprint density at radius 1 is 0.902 bits per heavy atom. The highest BCUT2D eigenvalue weighted by molar-refractivity contribution is 7.94. The van der Waals surface area contributed by atoms with Crippen LogP contribution >= 0.6 is 12.0 Å². The third-order valence-corrected chi connectivity index (χ3v) is 6.40. The first-order valence-electron chi connectivity index (χ1n) is 12.0. The summed E-state index contributed by atoms with van der Waals surface area (Å²) < 4.78 is 73.4. The van der Waals surface area contributed by atoms with E-state index in [1.165, 1.54) is 48.5 Å². The molecule has 41 heavy (non-hydrogen) atoms. The van der Waals surface area contributed by atoms with Crippen LogP contribution in [0.25, 0.3) is 16.7 Å². The molecule has 0 aliphatic rings. The number of rotatable bonds is 8. The van der Waals surface area contributed by atoms with Crippen LogP contribution in [0.3, 0.4) is 0 Å². The maximum absolute atomic E-state index is 13.8. The third-order valence-electron chi connectivity index (χ3n) is 5.81. The van der Waals surface area contributed by atoms with E-state index in [2.05, 4.69) is 14.4 Å². The number of aliphatic hydroxyl groups is 1. The van der Waals surface area contributed by atoms with Gasteiger partial charge in [0.1, 0.15) is 23.9 Å². The molecule has 3 N–H and O–H groups in total. The van der Waals surface area contributed by atoms with Gasteiger partial charge in [-0.15, -0.1) is 0 Å². The number of hydrogen-bond donors (Lipinski definition) is 2. The molecule has 0 fully saturated rings. The van der Waals surface area contributed by atoms with Crippen molar-refractivity contribution in [2.45, 2.75) is 24.2 Å². The lowest BCUT2D eigenvalue weighted by molar-refractivity contribution is -0.777. The van der Waals surface area contributed by atoms with E-state index in [0.717, 1.165) is 21.5 Å². The maximum atomic E-state index is 13.8. The molecular weight excluding hydrogens is 569 g/mol. The number of hydrogen-bond acceptors (Lipinski definition) is 6. The molecule has 0 amide bonds. The van der Waals surface area contributed by atoms with Crippen molar-refractivity contribution in [1.29, 1.82) is 0 Å². The van der Waals surface area contributed by atoms with Crippen LogP contribution in [0.1, 0.15) is 17.0 Å². The van der Waals surface area contributed by atoms with E-state index >= 15 is 0 Å². The zero-order chi connectivity index (χ0) is 29.4. The van der Waals surface area contributed by atoms with Crippen LogP contribution in [0.4, 0.5) is 27.6 Å². The molecule has 0 radical (unpaired) electrons. The first kappa shape index (κ1) is 30.1. The maximum Gasteiger partial charge on any atom is 0.450 e. The Morgan fingerprint density at radius 3 is 2.20 bits per heavy atom. The van der Waals surface area contributed by atoms with Crippen molar-refractivity contribution in [3.8, 4) is 5.69 Å². The van der Waals surface area contributed by atoms with Crippen molar-refractivity contribution in [2.75, 3.05) is 0 Å². The molecule has 5 aromatic rings. The molecule has 0 saturated heterocycles. The third kappa shape index (κ3) is 7.67. The predicted molar refractivity (Wildman–Crippen MR) is 138 cm³/mol. The molecule has 0 aliphatic carbocycles. The summed E-state index contributed by atoms with van der Waals surface area (Å²) in [5.74, 6) is -2.40. The molecule has 4 aromatic carbocycles. The van der Waals surface area contributed by atoms with Gasteiger partial charge in [-0.05, 0) is 54.1 Å². The van der Waals surface area contributed by atoms with Gasteiger partial charge in [0.15, 0.2) is 0 Å². The molecule has 0 spiro atoms. The molecule has 0 bridgehead atoms. The molecule has 0 unspecified atom stereocenters. The number of alkyl halides is 3. The lowest BCUT2D eigenvalue weighted by Gasteiger charge is -2.12. The minimum Gasteiger partial charge on any atom is -0.691 e. The molecule has 1 heterocycles. The summed E-state index contributed by atoms with van der Waals surface area (Å²) >= 11 is 0.886. The summed E-state index contributed by atoms with van der Waals surface area (Å²) in [6, 6.07) is 23.3. The summed E-state index contributed by atoms with van der Waals surface area (Å²) in [6.45, 7) is -0.305. The lowest BCUT2D eigenvalue weighted by atomic mass is 10.2. The zero-order valence-electron chi connectivity index (χ0n) is 21.0. The Morgan fingerprint density at radius 2 is 1.59 bits per heavy atom. The van der Waals surface area contributed by atoms with Gasteiger partial charge >= 0.3 is 6.18 Å². The lowest BCUT2D eigenvalue weighted by Crippen LogP contribution is -2.76. The smallest absolute Gasteiger partial charge is 0.450 e. The number of fused-ring (bicyclic) bond motifs is 1. The number of benzene rings is 4. The average molecular weight is 592 g/mol. The number of quaternary nitrogens is 1. The van der Waals surface area contributed by atoms with Crippen LogP contribution < -0.4 is 10.6 Å². The van der Waals surface area contributed by atoms with Crippen LogP contribution in [0, 0.1) is 11.6 Å². The second-order valence-corrected chi connectivity index (χ2v) is 9.26. The highest BCUT2D eigenvalue weighted by Gasteiger charge is 2.38. The minimum absolute atomic E-state index is 0.00357. The molecule has 13 heteroatoms. The van der Waals surface area contributed by atoms with Crippen molar-refractivity contribution in [3.63, 3.8) is 0 Å². The first-order valence-corrected chi connectivity index (χ1v) is 12.7. The number of aliphatic hydroxyl groups excluding tert-OH is 1. The molecular formula is C28H22F5N3O4S. The molecule has 214 valence electrons. The molecule has 7 nitrogen and oxygen atoms in total. The fourth-order valence-corrected chi connectivity index (χ4v) is 4.29. The van der Waals surface area contributed by atoms with Gasteiger partial charge in [-0.2, -0.15) is 17.5 Å². The Labute approximate surface area is 234 Å². The highest BCUT2D eigenvalue weighted by atomic mass is 32.2. The highest BCUT2D eigenvalue weighted by Crippen LogP contribution is 2.34. The fraction of sp³-hybridized carbons (Fsp3) is 0.107. The molecule has 5 rings (SSSR count). The Bertz CT molecular complexity index is 1560. The van der Waals surface area contributed by atoms with Gasteiger partial charge in [-0.3, -0.25) is 9.61 Å². The summed E-state index contributed by atoms with van der Waals surface area (Å²) in [5.41, 5.74) is 1.58. The van der Waals surface area contributed by atoms with Gasteiger partial charge in [0.05, 0.1) is 35.2 Å². The van der Waals surface area contributed by atoms with Crippen LogP contribution in [0.15, 0.2) is 95.9 Å².